The van der Waals surface area contributed by atoms with Crippen molar-refractivity contribution < 1.29 is 14.0 Å². The van der Waals surface area contributed by atoms with Crippen molar-refractivity contribution in [2.75, 3.05) is 27.7 Å². The maximum atomic E-state index is 13.1. The molecule has 0 aliphatic carbocycles. The van der Waals surface area contributed by atoms with E-state index >= 15 is 0 Å². The lowest BCUT2D eigenvalue weighted by Crippen LogP contribution is -2.42. The first-order valence-corrected chi connectivity index (χ1v) is 9.59. The van der Waals surface area contributed by atoms with Crippen LogP contribution in [-0.4, -0.2) is 50.4 Å². The molecule has 0 aromatic heterocycles. The van der Waals surface area contributed by atoms with Crippen LogP contribution in [0.15, 0.2) is 53.5 Å². The molecule has 2 aromatic rings. The van der Waals surface area contributed by atoms with E-state index in [1.807, 2.05) is 12.1 Å². The van der Waals surface area contributed by atoms with Crippen molar-refractivity contribution in [1.29, 1.82) is 0 Å². The molecule has 0 aliphatic heterocycles. The second kappa shape index (κ2) is 12.9. The Labute approximate surface area is 199 Å². The number of guanidine groups is 1. The van der Waals surface area contributed by atoms with Gasteiger partial charge in [-0.3, -0.25) is 14.6 Å². The standard InChI is InChI=1S/C22H28FN5O2.HI/c1-25-22(26-13-16-4-8-17(9-5-16)21(30)28(2)3)27-14-18(20(24)29)12-15-6-10-19(23)11-7-15;/h4-11,18H,12-14H2,1-3H3,(H2,24,29)(H2,25,26,27);1H. The molecule has 0 aliphatic rings. The van der Waals surface area contributed by atoms with Crippen molar-refractivity contribution >= 4 is 41.8 Å². The number of nitrogens with two attached hydrogens (primary N) is 1. The number of primary amides is 1. The summed E-state index contributed by atoms with van der Waals surface area (Å²) >= 11 is 0. The summed E-state index contributed by atoms with van der Waals surface area (Å²) in [6.07, 6.45) is 0.404. The summed E-state index contributed by atoms with van der Waals surface area (Å²) < 4.78 is 13.1. The van der Waals surface area contributed by atoms with Crippen LogP contribution in [-0.2, 0) is 17.8 Å². The van der Waals surface area contributed by atoms with Crippen LogP contribution < -0.4 is 16.4 Å². The maximum absolute atomic E-state index is 13.1. The SMILES string of the molecule is CN=C(NCc1ccc(C(=O)N(C)C)cc1)NCC(Cc1ccc(F)cc1)C(N)=O.I. The van der Waals surface area contributed by atoms with Crippen LogP contribution in [0.3, 0.4) is 0 Å². The first-order chi connectivity index (χ1) is 14.3. The fourth-order valence-corrected chi connectivity index (χ4v) is 2.83. The number of carbonyl (C=O) groups is 2. The van der Waals surface area contributed by atoms with Crippen LogP contribution in [0.4, 0.5) is 4.39 Å². The molecule has 2 aromatic carbocycles. The Kier molecular flexibility index (Phi) is 10.9. The molecule has 1 unspecified atom stereocenters. The lowest BCUT2D eigenvalue weighted by molar-refractivity contribution is -0.121. The van der Waals surface area contributed by atoms with Crippen molar-refractivity contribution in [3.63, 3.8) is 0 Å². The minimum absolute atomic E-state index is 0. The van der Waals surface area contributed by atoms with E-state index < -0.39 is 11.8 Å². The first-order valence-electron chi connectivity index (χ1n) is 9.59. The topological polar surface area (TPSA) is 99.8 Å². The number of halogens is 2. The highest BCUT2D eigenvalue weighted by Crippen LogP contribution is 2.10. The molecule has 7 nitrogen and oxygen atoms in total. The summed E-state index contributed by atoms with van der Waals surface area (Å²) in [6, 6.07) is 13.3. The van der Waals surface area contributed by atoms with E-state index in [4.69, 9.17) is 5.73 Å². The van der Waals surface area contributed by atoms with Crippen LogP contribution in [0.1, 0.15) is 21.5 Å². The van der Waals surface area contributed by atoms with E-state index in [-0.39, 0.29) is 35.7 Å². The molecule has 0 radical (unpaired) electrons. The van der Waals surface area contributed by atoms with Gasteiger partial charge in [0.15, 0.2) is 5.96 Å². The summed E-state index contributed by atoms with van der Waals surface area (Å²) in [5.41, 5.74) is 7.95. The molecule has 0 saturated carbocycles. The quantitative estimate of drug-likeness (QED) is 0.271. The lowest BCUT2D eigenvalue weighted by atomic mass is 9.98. The highest BCUT2D eigenvalue weighted by Gasteiger charge is 2.17. The van der Waals surface area contributed by atoms with E-state index in [1.165, 1.54) is 17.0 Å². The lowest BCUT2D eigenvalue weighted by Gasteiger charge is -2.17. The van der Waals surface area contributed by atoms with Crippen molar-refractivity contribution in [2.24, 2.45) is 16.6 Å². The van der Waals surface area contributed by atoms with Gasteiger partial charge in [-0.2, -0.15) is 0 Å². The minimum Gasteiger partial charge on any atom is -0.369 e. The average Bonchev–Trinajstić information content (AvgIpc) is 2.74. The van der Waals surface area contributed by atoms with Gasteiger partial charge in [0, 0.05) is 39.8 Å². The Morgan fingerprint density at radius 2 is 1.61 bits per heavy atom. The molecule has 0 saturated heterocycles. The van der Waals surface area contributed by atoms with Gasteiger partial charge < -0.3 is 21.3 Å². The predicted molar refractivity (Wildman–Crippen MR) is 131 cm³/mol. The first kappa shape index (κ1) is 26.3. The summed E-state index contributed by atoms with van der Waals surface area (Å²) in [6.45, 7) is 0.790. The van der Waals surface area contributed by atoms with Gasteiger partial charge in [-0.05, 0) is 41.8 Å². The Hall–Kier alpha value is -2.69. The summed E-state index contributed by atoms with van der Waals surface area (Å²) in [5, 5.41) is 6.27. The number of rotatable bonds is 8. The average molecular weight is 541 g/mol. The van der Waals surface area contributed by atoms with Gasteiger partial charge in [0.2, 0.25) is 5.91 Å². The zero-order valence-corrected chi connectivity index (χ0v) is 20.2. The van der Waals surface area contributed by atoms with E-state index in [0.29, 0.717) is 31.0 Å². The molecule has 31 heavy (non-hydrogen) atoms. The van der Waals surface area contributed by atoms with Crippen LogP contribution >= 0.6 is 24.0 Å². The van der Waals surface area contributed by atoms with Crippen molar-refractivity contribution in [2.45, 2.75) is 13.0 Å². The molecule has 0 bridgehead atoms. The van der Waals surface area contributed by atoms with Crippen LogP contribution in [0.2, 0.25) is 0 Å². The Morgan fingerprint density at radius 3 is 2.13 bits per heavy atom. The van der Waals surface area contributed by atoms with Crippen LogP contribution in [0.25, 0.3) is 0 Å². The predicted octanol–water partition coefficient (Wildman–Crippen LogP) is 2.15. The largest absolute Gasteiger partial charge is 0.369 e. The van der Waals surface area contributed by atoms with Crippen molar-refractivity contribution in [3.8, 4) is 0 Å². The zero-order valence-electron chi connectivity index (χ0n) is 17.9. The fraction of sp³-hybridized carbons (Fsp3) is 0.318. The highest BCUT2D eigenvalue weighted by atomic mass is 127. The number of hydrogen-bond donors (Lipinski definition) is 3. The summed E-state index contributed by atoms with van der Waals surface area (Å²) in [4.78, 5) is 29.4. The van der Waals surface area contributed by atoms with Crippen LogP contribution in [0.5, 0.6) is 0 Å². The molecule has 2 rings (SSSR count). The molecule has 9 heteroatoms. The van der Waals surface area contributed by atoms with E-state index in [1.54, 1.807) is 45.4 Å². The van der Waals surface area contributed by atoms with Crippen LogP contribution in [0, 0.1) is 11.7 Å². The number of aliphatic imine (C=N–C) groups is 1. The molecule has 0 spiro atoms. The molecule has 2 amide bonds. The van der Waals surface area contributed by atoms with Gasteiger partial charge in [0.05, 0.1) is 5.92 Å². The van der Waals surface area contributed by atoms with Gasteiger partial charge in [-0.15, -0.1) is 24.0 Å². The summed E-state index contributed by atoms with van der Waals surface area (Å²) in [7, 11) is 5.05. The molecular formula is C22H29FIN5O2. The van der Waals surface area contributed by atoms with Gasteiger partial charge in [-0.1, -0.05) is 24.3 Å². The normalized spacial score (nSPS) is 11.8. The van der Waals surface area contributed by atoms with E-state index in [2.05, 4.69) is 15.6 Å². The Balaban J connectivity index is 0.00000480. The molecule has 4 N–H and O–H groups in total. The third-order valence-electron chi connectivity index (χ3n) is 4.60. The fourth-order valence-electron chi connectivity index (χ4n) is 2.83. The van der Waals surface area contributed by atoms with E-state index in [0.717, 1.165) is 11.1 Å². The molecule has 0 fully saturated rings. The molecule has 1 atom stereocenters. The monoisotopic (exact) mass is 541 g/mol. The van der Waals surface area contributed by atoms with Crippen molar-refractivity contribution in [3.05, 3.63) is 71.0 Å². The number of carbonyl (C=O) groups excluding carboxylic acids is 2. The number of hydrogen-bond acceptors (Lipinski definition) is 3. The third-order valence-corrected chi connectivity index (χ3v) is 4.60. The molecule has 168 valence electrons. The smallest absolute Gasteiger partial charge is 0.253 e. The van der Waals surface area contributed by atoms with Gasteiger partial charge in [0.25, 0.3) is 5.91 Å². The second-order valence-electron chi connectivity index (χ2n) is 7.13. The Morgan fingerprint density at radius 1 is 1.03 bits per heavy atom. The van der Waals surface area contributed by atoms with Gasteiger partial charge >= 0.3 is 0 Å². The third kappa shape index (κ3) is 8.52. The van der Waals surface area contributed by atoms with Gasteiger partial charge in [-0.25, -0.2) is 4.39 Å². The highest BCUT2D eigenvalue weighted by molar-refractivity contribution is 14.0. The number of nitrogens with zero attached hydrogens (tertiary/aromatic N) is 2. The molecule has 0 heterocycles. The second-order valence-corrected chi connectivity index (χ2v) is 7.13. The maximum Gasteiger partial charge on any atom is 0.253 e. The zero-order chi connectivity index (χ0) is 22.1. The summed E-state index contributed by atoms with van der Waals surface area (Å²) in [5.74, 6) is -0.760. The molecular weight excluding hydrogens is 512 g/mol. The number of amides is 2. The Bertz CT molecular complexity index is 886. The number of benzene rings is 2. The van der Waals surface area contributed by atoms with E-state index in [9.17, 15) is 14.0 Å². The number of nitrogens with one attached hydrogen (secondary N) is 2. The van der Waals surface area contributed by atoms with Crippen molar-refractivity contribution in [1.82, 2.24) is 15.5 Å². The van der Waals surface area contributed by atoms with Gasteiger partial charge in [0.1, 0.15) is 5.82 Å². The minimum atomic E-state index is -0.467.